The molecule has 2 aromatic rings. The van der Waals surface area contributed by atoms with Crippen LogP contribution in [0.5, 0.6) is 0 Å². The van der Waals surface area contributed by atoms with Crippen LogP contribution in [0.2, 0.25) is 0 Å². The number of anilines is 1. The van der Waals surface area contributed by atoms with Gasteiger partial charge in [-0.3, -0.25) is 0 Å². The molecule has 0 bridgehead atoms. The van der Waals surface area contributed by atoms with E-state index in [1.807, 2.05) is 0 Å². The lowest BCUT2D eigenvalue weighted by molar-refractivity contribution is 0.223. The summed E-state index contributed by atoms with van der Waals surface area (Å²) in [4.78, 5) is 0. The number of nitrogens with one attached hydrogen (secondary N) is 1. The van der Waals surface area contributed by atoms with Gasteiger partial charge in [0.25, 0.3) is 0 Å². The van der Waals surface area contributed by atoms with Crippen LogP contribution in [0.3, 0.4) is 0 Å². The lowest BCUT2D eigenvalue weighted by atomic mass is 9.92. The second-order valence-electron chi connectivity index (χ2n) is 4.72. The maximum atomic E-state index is 13.6. The van der Waals surface area contributed by atoms with Crippen molar-refractivity contribution in [3.8, 4) is 0 Å². The van der Waals surface area contributed by atoms with Crippen molar-refractivity contribution in [3.63, 3.8) is 0 Å². The maximum Gasteiger partial charge on any atom is 0.159 e. The van der Waals surface area contributed by atoms with Gasteiger partial charge in [0.15, 0.2) is 11.6 Å². The van der Waals surface area contributed by atoms with Gasteiger partial charge in [-0.25, -0.2) is 13.2 Å². The first kappa shape index (κ1) is 14.4. The zero-order valence-electron chi connectivity index (χ0n) is 10.8. The number of benzene rings is 2. The van der Waals surface area contributed by atoms with Crippen LogP contribution in [0.4, 0.5) is 18.9 Å². The van der Waals surface area contributed by atoms with E-state index in [0.29, 0.717) is 5.56 Å². The van der Waals surface area contributed by atoms with Crippen LogP contribution in [0, 0.1) is 17.5 Å². The summed E-state index contributed by atoms with van der Waals surface area (Å²) in [6.07, 6.45) is 0. The second kappa shape index (κ2) is 5.54. The van der Waals surface area contributed by atoms with Crippen molar-refractivity contribution in [1.29, 1.82) is 0 Å². The Morgan fingerprint density at radius 2 is 1.70 bits per heavy atom. The van der Waals surface area contributed by atoms with Gasteiger partial charge in [-0.1, -0.05) is 18.2 Å². The van der Waals surface area contributed by atoms with Crippen molar-refractivity contribution in [2.24, 2.45) is 0 Å². The molecule has 2 nitrogen and oxygen atoms in total. The molecule has 2 rings (SSSR count). The molecule has 0 radical (unpaired) electrons. The minimum Gasteiger partial charge on any atom is -0.394 e. The Balaban J connectivity index is 2.38. The van der Waals surface area contributed by atoms with Crippen molar-refractivity contribution in [1.82, 2.24) is 0 Å². The molecule has 20 heavy (non-hydrogen) atoms. The van der Waals surface area contributed by atoms with Crippen LogP contribution in [-0.4, -0.2) is 11.7 Å². The third kappa shape index (κ3) is 2.77. The average Bonchev–Trinajstić information content (AvgIpc) is 2.44. The molecule has 0 saturated carbocycles. The summed E-state index contributed by atoms with van der Waals surface area (Å²) in [5.74, 6) is -2.48. The minimum atomic E-state index is -1.13. The second-order valence-corrected chi connectivity index (χ2v) is 4.72. The zero-order chi connectivity index (χ0) is 14.8. The molecule has 106 valence electrons. The molecule has 0 aliphatic carbocycles. The molecule has 0 heterocycles. The van der Waals surface area contributed by atoms with Gasteiger partial charge in [0.2, 0.25) is 0 Å². The van der Waals surface area contributed by atoms with E-state index in [-0.39, 0.29) is 5.69 Å². The van der Waals surface area contributed by atoms with E-state index in [9.17, 15) is 18.3 Å². The highest BCUT2D eigenvalue weighted by molar-refractivity contribution is 5.49. The Kier molecular flexibility index (Phi) is 3.99. The van der Waals surface area contributed by atoms with Crippen LogP contribution < -0.4 is 5.32 Å². The molecule has 0 aliphatic rings. The van der Waals surface area contributed by atoms with E-state index < -0.39 is 29.6 Å². The third-order valence-corrected chi connectivity index (χ3v) is 3.16. The first-order valence-electron chi connectivity index (χ1n) is 6.05. The summed E-state index contributed by atoms with van der Waals surface area (Å²) in [6.45, 7) is 1.17. The SMILES string of the molecule is CC(CO)(Nc1ccccc1F)c1ccc(F)c(F)c1. The quantitative estimate of drug-likeness (QED) is 0.900. The lowest BCUT2D eigenvalue weighted by Gasteiger charge is -2.30. The molecular formula is C15H14F3NO. The number of hydrogen-bond acceptors (Lipinski definition) is 2. The van der Waals surface area contributed by atoms with E-state index in [0.717, 1.165) is 12.1 Å². The highest BCUT2D eigenvalue weighted by Crippen LogP contribution is 2.28. The Hall–Kier alpha value is -2.01. The van der Waals surface area contributed by atoms with Crippen LogP contribution in [0.1, 0.15) is 12.5 Å². The Morgan fingerprint density at radius 3 is 2.30 bits per heavy atom. The van der Waals surface area contributed by atoms with Crippen LogP contribution >= 0.6 is 0 Å². The zero-order valence-corrected chi connectivity index (χ0v) is 10.8. The first-order chi connectivity index (χ1) is 9.46. The van der Waals surface area contributed by atoms with Crippen molar-refractivity contribution < 1.29 is 18.3 Å². The number of hydrogen-bond donors (Lipinski definition) is 2. The normalized spacial score (nSPS) is 13.8. The van der Waals surface area contributed by atoms with Gasteiger partial charge in [0.05, 0.1) is 17.8 Å². The summed E-state index contributed by atoms with van der Waals surface area (Å²) in [7, 11) is 0. The molecule has 1 unspecified atom stereocenters. The van der Waals surface area contributed by atoms with E-state index in [1.165, 1.54) is 24.3 Å². The van der Waals surface area contributed by atoms with Gasteiger partial charge in [-0.05, 0) is 36.8 Å². The number of aliphatic hydroxyl groups is 1. The summed E-state index contributed by atoms with van der Waals surface area (Å²) >= 11 is 0. The molecule has 0 aromatic heterocycles. The van der Waals surface area contributed by atoms with Gasteiger partial charge in [-0.2, -0.15) is 0 Å². The molecule has 0 saturated heterocycles. The Bertz CT molecular complexity index is 618. The predicted molar refractivity (Wildman–Crippen MR) is 70.8 cm³/mol. The Morgan fingerprint density at radius 1 is 1.00 bits per heavy atom. The van der Waals surface area contributed by atoms with E-state index in [2.05, 4.69) is 5.32 Å². The number of aliphatic hydroxyl groups excluding tert-OH is 1. The van der Waals surface area contributed by atoms with Gasteiger partial charge in [0, 0.05) is 0 Å². The molecule has 1 atom stereocenters. The van der Waals surface area contributed by atoms with Crippen molar-refractivity contribution in [2.75, 3.05) is 11.9 Å². The molecular weight excluding hydrogens is 267 g/mol. The molecule has 5 heteroatoms. The third-order valence-electron chi connectivity index (χ3n) is 3.16. The summed E-state index contributed by atoms with van der Waals surface area (Å²) in [5, 5.41) is 12.4. The topological polar surface area (TPSA) is 32.3 Å². The fourth-order valence-corrected chi connectivity index (χ4v) is 1.90. The van der Waals surface area contributed by atoms with E-state index in [4.69, 9.17) is 0 Å². The van der Waals surface area contributed by atoms with Crippen LogP contribution in [-0.2, 0) is 5.54 Å². The number of para-hydroxylation sites is 1. The molecule has 0 fully saturated rings. The molecule has 0 aliphatic heterocycles. The molecule has 0 spiro atoms. The molecule has 2 aromatic carbocycles. The fraction of sp³-hybridized carbons (Fsp3) is 0.200. The van der Waals surface area contributed by atoms with Gasteiger partial charge in [0.1, 0.15) is 5.82 Å². The standard InChI is InChI=1S/C15H14F3NO/c1-15(9-20,10-6-7-11(16)13(18)8-10)19-14-5-3-2-4-12(14)17/h2-8,19-20H,9H2,1H3. The maximum absolute atomic E-state index is 13.6. The number of rotatable bonds is 4. The summed E-state index contributed by atoms with van der Waals surface area (Å²) < 4.78 is 39.9. The average molecular weight is 281 g/mol. The first-order valence-corrected chi connectivity index (χ1v) is 6.05. The fourth-order valence-electron chi connectivity index (χ4n) is 1.90. The molecule has 2 N–H and O–H groups in total. The molecule has 0 amide bonds. The van der Waals surface area contributed by atoms with Crippen molar-refractivity contribution >= 4 is 5.69 Å². The van der Waals surface area contributed by atoms with Crippen LogP contribution in [0.15, 0.2) is 42.5 Å². The predicted octanol–water partition coefficient (Wildman–Crippen LogP) is 3.42. The van der Waals surface area contributed by atoms with Gasteiger partial charge in [-0.15, -0.1) is 0 Å². The van der Waals surface area contributed by atoms with E-state index >= 15 is 0 Å². The van der Waals surface area contributed by atoms with Crippen molar-refractivity contribution in [3.05, 3.63) is 65.5 Å². The monoisotopic (exact) mass is 281 g/mol. The summed E-state index contributed by atoms with van der Waals surface area (Å²) in [5.41, 5.74) is -0.632. The van der Waals surface area contributed by atoms with E-state index in [1.54, 1.807) is 13.0 Å². The lowest BCUT2D eigenvalue weighted by Crippen LogP contribution is -2.36. The minimum absolute atomic E-state index is 0.175. The largest absolute Gasteiger partial charge is 0.394 e. The van der Waals surface area contributed by atoms with Gasteiger partial charge < -0.3 is 10.4 Å². The highest BCUT2D eigenvalue weighted by atomic mass is 19.2. The van der Waals surface area contributed by atoms with Crippen molar-refractivity contribution in [2.45, 2.75) is 12.5 Å². The number of halogens is 3. The highest BCUT2D eigenvalue weighted by Gasteiger charge is 2.27. The Labute approximate surface area is 114 Å². The van der Waals surface area contributed by atoms with Crippen LogP contribution in [0.25, 0.3) is 0 Å². The smallest absolute Gasteiger partial charge is 0.159 e. The summed E-state index contributed by atoms with van der Waals surface area (Å²) in [6, 6.07) is 9.25. The van der Waals surface area contributed by atoms with Gasteiger partial charge >= 0.3 is 0 Å².